The molecule has 116 valence electrons. The molecule has 0 radical (unpaired) electrons. The highest BCUT2D eigenvalue weighted by atomic mass is 35.5. The third-order valence-electron chi connectivity index (χ3n) is 3.43. The van der Waals surface area contributed by atoms with Crippen LogP contribution in [-0.4, -0.2) is 17.0 Å². The van der Waals surface area contributed by atoms with Crippen molar-refractivity contribution in [3.8, 4) is 0 Å². The molecule has 0 fully saturated rings. The van der Waals surface area contributed by atoms with Gasteiger partial charge in [-0.2, -0.15) is 0 Å². The standard InChI is InChI=1S/C16H16ClNO3S/c1-16(2,10-3-5-11(17)6-4-10)15(21)18-9-12-7-8-13(22-12)14(19)20/h3-8H,9H2,1-2H3,(H,18,21)(H,19,20). The molecule has 2 rings (SSSR count). The number of aromatic carboxylic acids is 1. The third-order valence-corrected chi connectivity index (χ3v) is 4.75. The monoisotopic (exact) mass is 337 g/mol. The van der Waals surface area contributed by atoms with Crippen molar-refractivity contribution in [1.29, 1.82) is 0 Å². The number of amides is 1. The lowest BCUT2D eigenvalue weighted by molar-refractivity contribution is -0.125. The zero-order chi connectivity index (χ0) is 16.3. The van der Waals surface area contributed by atoms with Crippen molar-refractivity contribution in [3.05, 3.63) is 56.7 Å². The molecule has 0 aliphatic rings. The highest BCUT2D eigenvalue weighted by Crippen LogP contribution is 2.25. The van der Waals surface area contributed by atoms with Crippen molar-refractivity contribution >= 4 is 34.8 Å². The van der Waals surface area contributed by atoms with Crippen molar-refractivity contribution in [1.82, 2.24) is 5.32 Å². The number of hydrogen-bond donors (Lipinski definition) is 2. The number of halogens is 1. The molecular formula is C16H16ClNO3S. The van der Waals surface area contributed by atoms with Gasteiger partial charge in [0.2, 0.25) is 5.91 Å². The first-order chi connectivity index (χ1) is 10.3. The van der Waals surface area contributed by atoms with E-state index in [1.165, 1.54) is 0 Å². The number of hydrogen-bond acceptors (Lipinski definition) is 3. The fourth-order valence-electron chi connectivity index (χ4n) is 1.97. The lowest BCUT2D eigenvalue weighted by Crippen LogP contribution is -2.39. The summed E-state index contributed by atoms with van der Waals surface area (Å²) in [5, 5.41) is 12.4. The van der Waals surface area contributed by atoms with Crippen molar-refractivity contribution in [2.24, 2.45) is 0 Å². The summed E-state index contributed by atoms with van der Waals surface area (Å²) < 4.78 is 0. The first-order valence-electron chi connectivity index (χ1n) is 6.67. The first-order valence-corrected chi connectivity index (χ1v) is 7.86. The number of carbonyl (C=O) groups excluding carboxylic acids is 1. The number of thiophene rings is 1. The highest BCUT2D eigenvalue weighted by Gasteiger charge is 2.29. The van der Waals surface area contributed by atoms with Gasteiger partial charge >= 0.3 is 5.97 Å². The molecule has 1 amide bonds. The Bertz CT molecular complexity index is 692. The van der Waals surface area contributed by atoms with E-state index in [1.54, 1.807) is 24.3 Å². The van der Waals surface area contributed by atoms with Crippen molar-refractivity contribution < 1.29 is 14.7 Å². The molecule has 6 heteroatoms. The second-order valence-electron chi connectivity index (χ2n) is 5.39. The fraction of sp³-hybridized carbons (Fsp3) is 0.250. The summed E-state index contributed by atoms with van der Waals surface area (Å²) in [6.07, 6.45) is 0. The van der Waals surface area contributed by atoms with Crippen molar-refractivity contribution in [3.63, 3.8) is 0 Å². The SMILES string of the molecule is CC(C)(C(=O)NCc1ccc(C(=O)O)s1)c1ccc(Cl)cc1. The van der Waals surface area contributed by atoms with Crippen LogP contribution >= 0.6 is 22.9 Å². The van der Waals surface area contributed by atoms with Gasteiger partial charge in [-0.05, 0) is 43.7 Å². The van der Waals surface area contributed by atoms with E-state index < -0.39 is 11.4 Å². The van der Waals surface area contributed by atoms with Gasteiger partial charge < -0.3 is 10.4 Å². The van der Waals surface area contributed by atoms with Crippen LogP contribution in [0.3, 0.4) is 0 Å². The molecule has 1 heterocycles. The second kappa shape index (κ2) is 6.50. The first kappa shape index (κ1) is 16.5. The molecule has 0 aliphatic carbocycles. The van der Waals surface area contributed by atoms with Crippen molar-refractivity contribution in [2.75, 3.05) is 0 Å². The summed E-state index contributed by atoms with van der Waals surface area (Å²) in [5.41, 5.74) is 0.170. The van der Waals surface area contributed by atoms with Crippen LogP contribution < -0.4 is 5.32 Å². The van der Waals surface area contributed by atoms with E-state index in [4.69, 9.17) is 16.7 Å². The molecule has 0 saturated heterocycles. The van der Waals surface area contributed by atoms with E-state index >= 15 is 0 Å². The number of carboxylic acids is 1. The van der Waals surface area contributed by atoms with Crippen LogP contribution in [0, 0.1) is 0 Å². The maximum absolute atomic E-state index is 12.4. The molecule has 0 spiro atoms. The minimum absolute atomic E-state index is 0.125. The van der Waals surface area contributed by atoms with E-state index in [1.807, 2.05) is 26.0 Å². The summed E-state index contributed by atoms with van der Waals surface area (Å²) in [5.74, 6) is -1.08. The molecule has 1 aromatic carbocycles. The Morgan fingerprint density at radius 3 is 2.36 bits per heavy atom. The minimum atomic E-state index is -0.955. The average Bonchev–Trinajstić information content (AvgIpc) is 2.94. The largest absolute Gasteiger partial charge is 0.477 e. The second-order valence-corrected chi connectivity index (χ2v) is 6.99. The molecule has 0 atom stereocenters. The van der Waals surface area contributed by atoms with Gasteiger partial charge in [0.15, 0.2) is 0 Å². The zero-order valence-electron chi connectivity index (χ0n) is 12.2. The summed E-state index contributed by atoms with van der Waals surface area (Å²) in [6, 6.07) is 10.4. The lowest BCUT2D eigenvalue weighted by atomic mass is 9.84. The Morgan fingerprint density at radius 2 is 1.82 bits per heavy atom. The van der Waals surface area contributed by atoms with Crippen LogP contribution in [0.2, 0.25) is 5.02 Å². The maximum atomic E-state index is 12.4. The van der Waals surface area contributed by atoms with Crippen molar-refractivity contribution in [2.45, 2.75) is 25.8 Å². The lowest BCUT2D eigenvalue weighted by Gasteiger charge is -2.24. The minimum Gasteiger partial charge on any atom is -0.477 e. The number of benzene rings is 1. The summed E-state index contributed by atoms with van der Waals surface area (Å²) >= 11 is 7.02. The Hall–Kier alpha value is -1.85. The van der Waals surface area contributed by atoms with Gasteiger partial charge in [0, 0.05) is 9.90 Å². The summed E-state index contributed by atoms with van der Waals surface area (Å²) in [4.78, 5) is 24.3. The molecule has 2 aromatic rings. The van der Waals surface area contributed by atoms with Crippen LogP contribution in [0.5, 0.6) is 0 Å². The molecule has 1 aromatic heterocycles. The molecular weight excluding hydrogens is 322 g/mol. The van der Waals surface area contributed by atoms with Gasteiger partial charge in [-0.25, -0.2) is 4.79 Å². The van der Waals surface area contributed by atoms with Gasteiger partial charge in [0.1, 0.15) is 4.88 Å². The highest BCUT2D eigenvalue weighted by molar-refractivity contribution is 7.13. The van der Waals surface area contributed by atoms with Gasteiger partial charge in [-0.3, -0.25) is 4.79 Å². The molecule has 22 heavy (non-hydrogen) atoms. The van der Waals surface area contributed by atoms with E-state index in [-0.39, 0.29) is 10.8 Å². The Kier molecular flexibility index (Phi) is 4.88. The number of rotatable bonds is 5. The molecule has 4 nitrogen and oxygen atoms in total. The summed E-state index contributed by atoms with van der Waals surface area (Å²) in [6.45, 7) is 3.99. The molecule has 2 N–H and O–H groups in total. The zero-order valence-corrected chi connectivity index (χ0v) is 13.8. The van der Waals surface area contributed by atoms with E-state index in [9.17, 15) is 9.59 Å². The number of carboxylic acid groups (broad SMARTS) is 1. The van der Waals surface area contributed by atoms with Gasteiger partial charge in [-0.15, -0.1) is 11.3 Å². The van der Waals surface area contributed by atoms with Crippen LogP contribution in [0.25, 0.3) is 0 Å². The Labute approximate surface area is 137 Å². The van der Waals surface area contributed by atoms with Crippen LogP contribution in [0.15, 0.2) is 36.4 Å². The van der Waals surface area contributed by atoms with E-state index in [2.05, 4.69) is 5.32 Å². The smallest absolute Gasteiger partial charge is 0.345 e. The van der Waals surface area contributed by atoms with E-state index in [0.717, 1.165) is 21.8 Å². The predicted molar refractivity (Wildman–Crippen MR) is 87.6 cm³/mol. The predicted octanol–water partition coefficient (Wildman–Crippen LogP) is 3.69. The normalized spacial score (nSPS) is 11.2. The molecule has 0 unspecified atom stereocenters. The van der Waals surface area contributed by atoms with Gasteiger partial charge in [0.25, 0.3) is 0 Å². The molecule has 0 aliphatic heterocycles. The fourth-order valence-corrected chi connectivity index (χ4v) is 2.89. The maximum Gasteiger partial charge on any atom is 0.345 e. The van der Waals surface area contributed by atoms with Crippen LogP contribution in [0.4, 0.5) is 0 Å². The number of carbonyl (C=O) groups is 2. The van der Waals surface area contributed by atoms with E-state index in [0.29, 0.717) is 11.6 Å². The quantitative estimate of drug-likeness (QED) is 0.874. The number of nitrogens with one attached hydrogen (secondary N) is 1. The average molecular weight is 338 g/mol. The Balaban J connectivity index is 2.04. The summed E-state index contributed by atoms with van der Waals surface area (Å²) in [7, 11) is 0. The van der Waals surface area contributed by atoms with Crippen LogP contribution in [-0.2, 0) is 16.8 Å². The Morgan fingerprint density at radius 1 is 1.18 bits per heavy atom. The van der Waals surface area contributed by atoms with Crippen LogP contribution in [0.1, 0.15) is 34.0 Å². The molecule has 0 bridgehead atoms. The third kappa shape index (κ3) is 3.67. The topological polar surface area (TPSA) is 66.4 Å². The molecule has 0 saturated carbocycles. The van der Waals surface area contributed by atoms with Gasteiger partial charge in [0.05, 0.1) is 12.0 Å². The van der Waals surface area contributed by atoms with Gasteiger partial charge in [-0.1, -0.05) is 23.7 Å².